The van der Waals surface area contributed by atoms with Crippen molar-refractivity contribution >= 4 is 12.1 Å². The summed E-state index contributed by atoms with van der Waals surface area (Å²) >= 11 is 0. The molecule has 0 saturated carbocycles. The maximum atomic E-state index is 12.7. The van der Waals surface area contributed by atoms with E-state index in [1.165, 1.54) is 4.90 Å². The average Bonchev–Trinajstić information content (AvgIpc) is 3.10. The van der Waals surface area contributed by atoms with Gasteiger partial charge in [-0.3, -0.25) is 4.90 Å². The van der Waals surface area contributed by atoms with Gasteiger partial charge in [0.1, 0.15) is 18.3 Å². The fourth-order valence-corrected chi connectivity index (χ4v) is 3.58. The van der Waals surface area contributed by atoms with Crippen molar-refractivity contribution in [3.63, 3.8) is 0 Å². The zero-order valence-corrected chi connectivity index (χ0v) is 14.8. The molecule has 3 rings (SSSR count). The topological polar surface area (TPSA) is 137 Å². The van der Waals surface area contributed by atoms with E-state index in [4.69, 9.17) is 21.0 Å². The van der Waals surface area contributed by atoms with Crippen molar-refractivity contribution in [3.8, 4) is 12.3 Å². The molecule has 1 aliphatic heterocycles. The van der Waals surface area contributed by atoms with Crippen LogP contribution in [0.25, 0.3) is 0 Å². The number of aliphatic carboxylic acids is 1. The maximum absolute atomic E-state index is 12.7. The highest BCUT2D eigenvalue weighted by molar-refractivity contribution is 5.73. The van der Waals surface area contributed by atoms with Gasteiger partial charge in [0.25, 0.3) is 0 Å². The lowest BCUT2D eigenvalue weighted by Gasteiger charge is -2.39. The Kier molecular flexibility index (Phi) is 5.86. The molecular weight excluding hydrogens is 373 g/mol. The number of carbonyl (C=O) groups excluding carboxylic acids is 1. The van der Waals surface area contributed by atoms with Crippen LogP contribution in [-0.4, -0.2) is 74.6 Å². The Morgan fingerprint density at radius 3 is 2.61 bits per heavy atom. The molecule has 9 nitrogen and oxygen atoms in total. The fourth-order valence-electron chi connectivity index (χ4n) is 3.58. The van der Waals surface area contributed by atoms with Crippen LogP contribution in [0.3, 0.4) is 0 Å². The predicted molar refractivity (Wildman–Crippen MR) is 93.8 cm³/mol. The number of benzene rings is 1. The third kappa shape index (κ3) is 3.68. The molecule has 0 bridgehead atoms. The Morgan fingerprint density at radius 1 is 1.21 bits per heavy atom. The van der Waals surface area contributed by atoms with Crippen molar-refractivity contribution in [3.05, 3.63) is 35.4 Å². The number of aryl methyl sites for hydroxylation is 1. The van der Waals surface area contributed by atoms with E-state index in [2.05, 4.69) is 5.92 Å². The summed E-state index contributed by atoms with van der Waals surface area (Å²) in [4.78, 5) is 25.2. The lowest BCUT2D eigenvalue weighted by atomic mass is 9.99. The summed E-state index contributed by atoms with van der Waals surface area (Å²) in [6.07, 6.45) is -3.33. The van der Waals surface area contributed by atoms with Crippen LogP contribution in [0.15, 0.2) is 24.3 Å². The van der Waals surface area contributed by atoms with E-state index in [-0.39, 0.29) is 12.6 Å². The molecule has 1 saturated heterocycles. The maximum Gasteiger partial charge on any atom is 0.413 e. The number of nitrogens with zero attached hydrogens (tertiary/aromatic N) is 1. The SMILES string of the molecule is [13CH]#[13C][13CH2]N(C(=O)O[C@@H]1O[C@H](C(=O)O)[C@@H](O)[C@H](O)[C@H]1O)C1CCc2ccccc21. The third-order valence-electron chi connectivity index (χ3n) is 5.00. The van der Waals surface area contributed by atoms with Gasteiger partial charge in [-0.05, 0) is 24.0 Å². The van der Waals surface area contributed by atoms with E-state index in [9.17, 15) is 24.9 Å². The predicted octanol–water partition coefficient (Wildman–Crippen LogP) is -0.362. The van der Waals surface area contributed by atoms with Gasteiger partial charge < -0.3 is 29.9 Å². The van der Waals surface area contributed by atoms with Crippen molar-refractivity contribution in [2.45, 2.75) is 49.6 Å². The minimum Gasteiger partial charge on any atom is -0.479 e. The highest BCUT2D eigenvalue weighted by Gasteiger charge is 2.49. The zero-order valence-electron chi connectivity index (χ0n) is 14.8. The van der Waals surface area contributed by atoms with Gasteiger partial charge in [-0.1, -0.05) is 30.2 Å². The Labute approximate surface area is 161 Å². The normalized spacial score (nSPS) is 31.5. The van der Waals surface area contributed by atoms with Gasteiger partial charge in [0, 0.05) is 0 Å². The van der Waals surface area contributed by atoms with Gasteiger partial charge >= 0.3 is 12.1 Å². The Bertz CT molecular complexity index is 790. The van der Waals surface area contributed by atoms with E-state index in [0.29, 0.717) is 6.42 Å². The number of carbonyl (C=O) groups is 2. The first-order chi connectivity index (χ1) is 13.3. The summed E-state index contributed by atoms with van der Waals surface area (Å²) in [6, 6.07) is 7.25. The molecule has 1 unspecified atom stereocenters. The van der Waals surface area contributed by atoms with Crippen molar-refractivity contribution in [1.82, 2.24) is 4.90 Å². The summed E-state index contributed by atoms with van der Waals surface area (Å²) < 4.78 is 10.1. The Balaban J connectivity index is 1.78. The van der Waals surface area contributed by atoms with Crippen molar-refractivity contribution < 1.29 is 39.5 Å². The van der Waals surface area contributed by atoms with Crippen molar-refractivity contribution in [2.24, 2.45) is 0 Å². The Hall–Kier alpha value is -2.64. The number of ether oxygens (including phenoxy) is 2. The third-order valence-corrected chi connectivity index (χ3v) is 5.00. The minimum absolute atomic E-state index is 0.0752. The first-order valence-electron chi connectivity index (χ1n) is 8.76. The first kappa shape index (κ1) is 20.1. The molecule has 4 N–H and O–H groups in total. The smallest absolute Gasteiger partial charge is 0.413 e. The summed E-state index contributed by atoms with van der Waals surface area (Å²) in [7, 11) is 0. The van der Waals surface area contributed by atoms with E-state index >= 15 is 0 Å². The van der Waals surface area contributed by atoms with Crippen LogP contribution in [0.5, 0.6) is 0 Å². The molecule has 1 amide bonds. The second-order valence-electron chi connectivity index (χ2n) is 6.70. The quantitative estimate of drug-likeness (QED) is 0.401. The lowest BCUT2D eigenvalue weighted by molar-refractivity contribution is -0.280. The van der Waals surface area contributed by atoms with E-state index in [1.54, 1.807) is 0 Å². The van der Waals surface area contributed by atoms with Crippen LogP contribution in [0.4, 0.5) is 4.79 Å². The molecule has 1 aromatic rings. The van der Waals surface area contributed by atoms with Gasteiger partial charge in [-0.2, -0.15) is 0 Å². The van der Waals surface area contributed by atoms with Crippen LogP contribution in [0.1, 0.15) is 23.6 Å². The highest BCUT2D eigenvalue weighted by Crippen LogP contribution is 2.36. The summed E-state index contributed by atoms with van der Waals surface area (Å²) in [5.74, 6) is 0.821. The number of fused-ring (bicyclic) bond motifs is 1. The van der Waals surface area contributed by atoms with Gasteiger partial charge in [0.05, 0.1) is 12.6 Å². The molecule has 2 aliphatic rings. The van der Waals surface area contributed by atoms with Crippen LogP contribution in [-0.2, 0) is 20.7 Å². The van der Waals surface area contributed by atoms with Crippen LogP contribution < -0.4 is 0 Å². The fraction of sp³-hybridized carbons (Fsp3) is 0.474. The molecule has 1 aliphatic carbocycles. The standard InChI is InChI=1S/C19H21NO8/c1-2-9-20(12-8-7-10-5-3-4-6-11(10)12)19(26)28-18-15(23)13(21)14(22)16(27-18)17(24)25/h1,3-6,12-16,18,21-23H,7-9H2,(H,24,25)/t12?,13-,14-,15+,16-,18-/m0/s1/i1+1,2+1,9+1. The number of aliphatic hydroxyl groups is 3. The van der Waals surface area contributed by atoms with Crippen LogP contribution >= 0.6 is 0 Å². The number of rotatable bonds is 4. The average molecular weight is 394 g/mol. The molecular formula is C19H21NO8. The van der Waals surface area contributed by atoms with Gasteiger partial charge in [-0.15, -0.1) is 6.42 Å². The molecule has 9 heteroatoms. The largest absolute Gasteiger partial charge is 0.479 e. The van der Waals surface area contributed by atoms with Crippen LogP contribution in [0, 0.1) is 12.3 Å². The van der Waals surface area contributed by atoms with Crippen molar-refractivity contribution in [1.29, 1.82) is 0 Å². The molecule has 0 radical (unpaired) electrons. The molecule has 28 heavy (non-hydrogen) atoms. The minimum atomic E-state index is -1.87. The van der Waals surface area contributed by atoms with Crippen LogP contribution in [0.2, 0.25) is 0 Å². The van der Waals surface area contributed by atoms with E-state index < -0.39 is 42.8 Å². The summed E-state index contributed by atoms with van der Waals surface area (Å²) in [5.41, 5.74) is 2.01. The second kappa shape index (κ2) is 8.16. The van der Waals surface area contributed by atoms with Gasteiger partial charge in [0.2, 0.25) is 6.29 Å². The monoisotopic (exact) mass is 394 g/mol. The van der Waals surface area contributed by atoms with E-state index in [0.717, 1.165) is 17.5 Å². The zero-order chi connectivity index (χ0) is 20.4. The number of aliphatic hydroxyl groups excluding tert-OH is 3. The number of hydrogen-bond acceptors (Lipinski definition) is 7. The van der Waals surface area contributed by atoms with Gasteiger partial charge in [-0.25, -0.2) is 9.59 Å². The number of amides is 1. The number of hydrogen-bond donors (Lipinski definition) is 4. The second-order valence-corrected chi connectivity index (χ2v) is 6.70. The number of terminal acetylenes is 1. The molecule has 1 heterocycles. The number of carboxylic acid groups (broad SMARTS) is 1. The molecule has 1 aromatic carbocycles. The molecule has 6 atom stereocenters. The Morgan fingerprint density at radius 2 is 1.93 bits per heavy atom. The number of carboxylic acids is 1. The molecule has 150 valence electrons. The highest BCUT2D eigenvalue weighted by atomic mass is 16.7. The van der Waals surface area contributed by atoms with E-state index in [1.807, 2.05) is 24.3 Å². The molecule has 0 aromatic heterocycles. The molecule has 0 spiro atoms. The summed E-state index contributed by atoms with van der Waals surface area (Å²) in [5, 5.41) is 38.7. The molecule has 1 fully saturated rings. The first-order valence-corrected chi connectivity index (χ1v) is 8.76. The van der Waals surface area contributed by atoms with Crippen molar-refractivity contribution in [2.75, 3.05) is 6.54 Å². The van der Waals surface area contributed by atoms with Gasteiger partial charge in [0.15, 0.2) is 6.10 Å². The summed E-state index contributed by atoms with van der Waals surface area (Å²) in [6.45, 7) is -0.0752. The lowest BCUT2D eigenvalue weighted by Crippen LogP contribution is -2.61.